The fraction of sp³-hybridized carbons (Fsp3) is 0. The Morgan fingerprint density at radius 2 is 1.90 bits per heavy atom. The SMILES string of the molecule is NC(=O)c1ccc(Cl)c(NC(=O)c2cc(F)ccc2Br)c1. The van der Waals surface area contributed by atoms with Crippen LogP contribution >= 0.6 is 27.5 Å². The molecule has 3 N–H and O–H groups in total. The molecule has 2 aromatic rings. The first-order valence-electron chi connectivity index (χ1n) is 5.74. The van der Waals surface area contributed by atoms with Crippen LogP contribution < -0.4 is 11.1 Å². The van der Waals surface area contributed by atoms with Gasteiger partial charge in [-0.05, 0) is 52.3 Å². The average Bonchev–Trinajstić information content (AvgIpc) is 2.43. The maximum Gasteiger partial charge on any atom is 0.256 e. The quantitative estimate of drug-likeness (QED) is 0.865. The second-order valence-electron chi connectivity index (χ2n) is 4.14. The molecule has 7 heteroatoms. The molecule has 0 unspecified atom stereocenters. The number of rotatable bonds is 3. The summed E-state index contributed by atoms with van der Waals surface area (Å²) in [4.78, 5) is 23.3. The van der Waals surface area contributed by atoms with Crippen LogP contribution in [-0.2, 0) is 0 Å². The lowest BCUT2D eigenvalue weighted by Gasteiger charge is -2.09. The van der Waals surface area contributed by atoms with E-state index in [1.807, 2.05) is 0 Å². The summed E-state index contributed by atoms with van der Waals surface area (Å²) in [5, 5.41) is 2.75. The highest BCUT2D eigenvalue weighted by Crippen LogP contribution is 2.25. The summed E-state index contributed by atoms with van der Waals surface area (Å²) in [5.74, 6) is -1.75. The molecule has 0 heterocycles. The lowest BCUT2D eigenvalue weighted by molar-refractivity contribution is 0.0996. The smallest absolute Gasteiger partial charge is 0.256 e. The van der Waals surface area contributed by atoms with Crippen LogP contribution in [0.5, 0.6) is 0 Å². The lowest BCUT2D eigenvalue weighted by Crippen LogP contribution is -2.15. The number of carbonyl (C=O) groups excluding carboxylic acids is 2. The third-order valence-electron chi connectivity index (χ3n) is 2.67. The van der Waals surface area contributed by atoms with Crippen molar-refractivity contribution in [3.05, 3.63) is 62.8 Å². The minimum Gasteiger partial charge on any atom is -0.366 e. The predicted octanol–water partition coefficient (Wildman–Crippen LogP) is 3.59. The van der Waals surface area contributed by atoms with Crippen molar-refractivity contribution in [2.45, 2.75) is 0 Å². The summed E-state index contributed by atoms with van der Waals surface area (Å²) in [6.07, 6.45) is 0. The van der Waals surface area contributed by atoms with E-state index in [0.29, 0.717) is 4.47 Å². The van der Waals surface area contributed by atoms with Crippen molar-refractivity contribution in [1.29, 1.82) is 0 Å². The molecule has 0 spiro atoms. The molecule has 0 bridgehead atoms. The lowest BCUT2D eigenvalue weighted by atomic mass is 10.1. The zero-order chi connectivity index (χ0) is 15.6. The first-order valence-corrected chi connectivity index (χ1v) is 6.91. The van der Waals surface area contributed by atoms with Crippen LogP contribution in [-0.4, -0.2) is 11.8 Å². The number of halogens is 3. The van der Waals surface area contributed by atoms with Crippen molar-refractivity contribution in [3.8, 4) is 0 Å². The third kappa shape index (κ3) is 3.59. The Labute approximate surface area is 133 Å². The first kappa shape index (κ1) is 15.5. The highest BCUT2D eigenvalue weighted by Gasteiger charge is 2.14. The Bertz CT molecular complexity index is 737. The van der Waals surface area contributed by atoms with Crippen LogP contribution in [0.15, 0.2) is 40.9 Å². The van der Waals surface area contributed by atoms with Crippen molar-refractivity contribution in [2.75, 3.05) is 5.32 Å². The van der Waals surface area contributed by atoms with Gasteiger partial charge < -0.3 is 11.1 Å². The van der Waals surface area contributed by atoms with Crippen LogP contribution in [0.1, 0.15) is 20.7 Å². The van der Waals surface area contributed by atoms with Crippen molar-refractivity contribution >= 4 is 45.0 Å². The van der Waals surface area contributed by atoms with Gasteiger partial charge in [-0.15, -0.1) is 0 Å². The molecule has 0 atom stereocenters. The molecule has 0 radical (unpaired) electrons. The van der Waals surface area contributed by atoms with E-state index >= 15 is 0 Å². The standard InChI is InChI=1S/C14H9BrClFN2O2/c15-10-3-2-8(17)6-9(10)14(21)19-12-5-7(13(18)20)1-4-11(12)16/h1-6H,(H2,18,20)(H,19,21). The van der Waals surface area contributed by atoms with E-state index in [9.17, 15) is 14.0 Å². The highest BCUT2D eigenvalue weighted by molar-refractivity contribution is 9.10. The second-order valence-corrected chi connectivity index (χ2v) is 5.40. The molecular formula is C14H9BrClFN2O2. The van der Waals surface area contributed by atoms with Crippen LogP contribution in [0, 0.1) is 5.82 Å². The van der Waals surface area contributed by atoms with Gasteiger partial charge in [-0.3, -0.25) is 9.59 Å². The molecule has 2 rings (SSSR count). The van der Waals surface area contributed by atoms with E-state index in [1.165, 1.54) is 30.3 Å². The molecule has 2 aromatic carbocycles. The third-order valence-corrected chi connectivity index (χ3v) is 3.69. The van der Waals surface area contributed by atoms with Crippen LogP contribution in [0.25, 0.3) is 0 Å². The van der Waals surface area contributed by atoms with Gasteiger partial charge in [0.25, 0.3) is 5.91 Å². The molecule has 21 heavy (non-hydrogen) atoms. The average molecular weight is 372 g/mol. The molecule has 0 saturated heterocycles. The van der Waals surface area contributed by atoms with E-state index < -0.39 is 17.6 Å². The maximum atomic E-state index is 13.2. The first-order chi connectivity index (χ1) is 9.88. The van der Waals surface area contributed by atoms with E-state index in [2.05, 4.69) is 21.2 Å². The van der Waals surface area contributed by atoms with E-state index in [-0.39, 0.29) is 21.8 Å². The minimum atomic E-state index is -0.644. The van der Waals surface area contributed by atoms with Gasteiger partial charge in [0.05, 0.1) is 16.3 Å². The van der Waals surface area contributed by atoms with E-state index in [1.54, 1.807) is 0 Å². The molecule has 108 valence electrons. The monoisotopic (exact) mass is 370 g/mol. The second kappa shape index (κ2) is 6.24. The van der Waals surface area contributed by atoms with E-state index in [0.717, 1.165) is 6.07 Å². The molecule has 0 fully saturated rings. The number of benzene rings is 2. The van der Waals surface area contributed by atoms with Crippen molar-refractivity contribution < 1.29 is 14.0 Å². The van der Waals surface area contributed by atoms with Crippen molar-refractivity contribution in [2.24, 2.45) is 5.73 Å². The van der Waals surface area contributed by atoms with Crippen LogP contribution in [0.3, 0.4) is 0 Å². The number of anilines is 1. The summed E-state index contributed by atoms with van der Waals surface area (Å²) < 4.78 is 13.6. The summed E-state index contributed by atoms with van der Waals surface area (Å²) >= 11 is 9.12. The van der Waals surface area contributed by atoms with Gasteiger partial charge in [-0.25, -0.2) is 4.39 Å². The topological polar surface area (TPSA) is 72.2 Å². The van der Waals surface area contributed by atoms with Gasteiger partial charge >= 0.3 is 0 Å². The Balaban J connectivity index is 2.33. The summed E-state index contributed by atoms with van der Waals surface area (Å²) in [6.45, 7) is 0. The van der Waals surface area contributed by atoms with Gasteiger partial charge in [0, 0.05) is 10.0 Å². The predicted molar refractivity (Wildman–Crippen MR) is 82.0 cm³/mol. The largest absolute Gasteiger partial charge is 0.366 e. The van der Waals surface area contributed by atoms with Crippen LogP contribution in [0.4, 0.5) is 10.1 Å². The molecule has 0 aromatic heterocycles. The van der Waals surface area contributed by atoms with Gasteiger partial charge in [-0.1, -0.05) is 11.6 Å². The van der Waals surface area contributed by atoms with Crippen LogP contribution in [0.2, 0.25) is 5.02 Å². The number of nitrogens with one attached hydrogen (secondary N) is 1. The summed E-state index contributed by atoms with van der Waals surface area (Å²) in [6, 6.07) is 7.98. The molecular weight excluding hydrogens is 363 g/mol. The number of primary amides is 1. The number of amides is 2. The normalized spacial score (nSPS) is 10.2. The molecule has 0 saturated carbocycles. The van der Waals surface area contributed by atoms with Gasteiger partial charge in [0.2, 0.25) is 5.91 Å². The maximum absolute atomic E-state index is 13.2. The van der Waals surface area contributed by atoms with Gasteiger partial charge in [0.1, 0.15) is 5.82 Å². The number of hydrogen-bond acceptors (Lipinski definition) is 2. The number of nitrogens with two attached hydrogens (primary N) is 1. The fourth-order valence-electron chi connectivity index (χ4n) is 1.64. The zero-order valence-electron chi connectivity index (χ0n) is 10.5. The van der Waals surface area contributed by atoms with E-state index in [4.69, 9.17) is 17.3 Å². The van der Waals surface area contributed by atoms with Gasteiger partial charge in [-0.2, -0.15) is 0 Å². The number of hydrogen-bond donors (Lipinski definition) is 2. The van der Waals surface area contributed by atoms with Crippen molar-refractivity contribution in [3.63, 3.8) is 0 Å². The molecule has 4 nitrogen and oxygen atoms in total. The molecule has 0 aliphatic carbocycles. The Morgan fingerprint density at radius 3 is 2.57 bits per heavy atom. The molecule has 0 aliphatic heterocycles. The minimum absolute atomic E-state index is 0.107. The fourth-order valence-corrected chi connectivity index (χ4v) is 2.23. The summed E-state index contributed by atoms with van der Waals surface area (Å²) in [5.41, 5.74) is 5.69. The Morgan fingerprint density at radius 1 is 1.19 bits per heavy atom. The molecule has 2 amide bonds. The zero-order valence-corrected chi connectivity index (χ0v) is 12.8. The highest BCUT2D eigenvalue weighted by atomic mass is 79.9. The Hall–Kier alpha value is -1.92. The van der Waals surface area contributed by atoms with Crippen molar-refractivity contribution in [1.82, 2.24) is 0 Å². The molecule has 0 aliphatic rings. The van der Waals surface area contributed by atoms with Gasteiger partial charge in [0.15, 0.2) is 0 Å². The summed E-state index contributed by atoms with van der Waals surface area (Å²) in [7, 11) is 0. The Kier molecular flexibility index (Phi) is 4.59. The number of carbonyl (C=O) groups is 2.